The van der Waals surface area contributed by atoms with Crippen LogP contribution in [0.25, 0.3) is 0 Å². The van der Waals surface area contributed by atoms with Gasteiger partial charge in [-0.05, 0) is 0 Å². The first kappa shape index (κ1) is 7.78. The van der Waals surface area contributed by atoms with Crippen molar-refractivity contribution in [2.45, 2.75) is 0 Å². The van der Waals surface area contributed by atoms with Gasteiger partial charge in [0.1, 0.15) is 11.4 Å². The lowest BCUT2D eigenvalue weighted by Gasteiger charge is -2.17. The summed E-state index contributed by atoms with van der Waals surface area (Å²) in [7, 11) is 5.09. The lowest BCUT2D eigenvalue weighted by molar-refractivity contribution is 1.09. The molecule has 0 radical (unpaired) electrons. The van der Waals surface area contributed by atoms with Crippen molar-refractivity contribution < 1.29 is 0 Å². The topological polar surface area (TPSA) is 49.4 Å². The Balaban J connectivity index is 3.19. The minimum absolute atomic E-state index is 0.403. The maximum absolute atomic E-state index is 10.9. The van der Waals surface area contributed by atoms with Crippen molar-refractivity contribution in [1.82, 2.24) is 0 Å². The summed E-state index contributed by atoms with van der Waals surface area (Å²) in [4.78, 5) is 23.3. The van der Waals surface area contributed by atoms with Crippen LogP contribution in [-0.2, 0) is 0 Å². The Bertz CT molecular complexity index is 334. The molecule has 0 fully saturated rings. The average Bonchev–Trinajstić information content (AvgIpc) is 1.96. The number of nitrogens with zero attached hydrogens (tertiary/aromatic N) is 1. The molecule has 1 N–H and O–H groups in total. The molecule has 0 saturated heterocycles. The van der Waals surface area contributed by atoms with Crippen LogP contribution in [0.4, 0.5) is 11.4 Å². The van der Waals surface area contributed by atoms with Crippen molar-refractivity contribution in [3.8, 4) is 0 Å². The molecule has 0 aliphatic heterocycles. The summed E-state index contributed by atoms with van der Waals surface area (Å²) in [6.45, 7) is 0. The summed E-state index contributed by atoms with van der Waals surface area (Å²) in [6.07, 6.45) is 0. The number of rotatable bonds is 2. The maximum atomic E-state index is 10.9. The van der Waals surface area contributed by atoms with E-state index in [0.717, 1.165) is 0 Å². The number of hydrogen-bond donors (Lipinski definition) is 1. The zero-order chi connectivity index (χ0) is 8.59. The van der Waals surface area contributed by atoms with E-state index in [9.17, 15) is 9.59 Å². The first-order chi connectivity index (χ1) is 5.09. The van der Waals surface area contributed by atoms with Crippen LogP contribution in [0.3, 0.4) is 0 Å². The fourth-order valence-corrected chi connectivity index (χ4v) is 1.04. The van der Waals surface area contributed by atoms with Gasteiger partial charge in [0.05, 0.1) is 0 Å². The molecule has 0 heterocycles. The third kappa shape index (κ3) is 0.906. The van der Waals surface area contributed by atoms with Gasteiger partial charge in [-0.25, -0.2) is 0 Å². The minimum Gasteiger partial charge on any atom is -0.383 e. The van der Waals surface area contributed by atoms with Crippen molar-refractivity contribution in [2.75, 3.05) is 31.4 Å². The molecule has 1 aromatic carbocycles. The smallest absolute Gasteiger partial charge is 0.253 e. The van der Waals surface area contributed by atoms with E-state index in [4.69, 9.17) is 0 Å². The van der Waals surface area contributed by atoms with Crippen LogP contribution in [0.1, 0.15) is 0 Å². The van der Waals surface area contributed by atoms with Crippen LogP contribution in [-0.4, -0.2) is 21.1 Å². The monoisotopic (exact) mass is 154 g/mol. The van der Waals surface area contributed by atoms with Gasteiger partial charge < -0.3 is 10.2 Å². The molecular formula is C7H10N2O2. The second kappa shape index (κ2) is 2.38. The van der Waals surface area contributed by atoms with Gasteiger partial charge in [0.25, 0.3) is 10.9 Å². The van der Waals surface area contributed by atoms with Gasteiger partial charge in [-0.15, -0.1) is 0 Å². The summed E-state index contributed by atoms with van der Waals surface area (Å²) in [6, 6.07) is 0. The van der Waals surface area contributed by atoms with Crippen molar-refractivity contribution in [2.24, 2.45) is 0 Å². The van der Waals surface area contributed by atoms with E-state index in [-0.39, 0.29) is 0 Å². The largest absolute Gasteiger partial charge is 0.383 e. The predicted molar refractivity (Wildman–Crippen MR) is 45.2 cm³/mol. The van der Waals surface area contributed by atoms with E-state index in [2.05, 4.69) is 5.32 Å². The highest BCUT2D eigenvalue weighted by atomic mass is 16.2. The first-order valence-electron chi connectivity index (χ1n) is 3.28. The van der Waals surface area contributed by atoms with Crippen LogP contribution in [0, 0.1) is 0 Å². The number of hydrogen-bond acceptors (Lipinski definition) is 4. The summed E-state index contributed by atoms with van der Waals surface area (Å²) in [5, 5.41) is 2.68. The zero-order valence-corrected chi connectivity index (χ0v) is 6.76. The van der Waals surface area contributed by atoms with Crippen LogP contribution < -0.4 is 21.1 Å². The minimum atomic E-state index is -0.420. The third-order valence-electron chi connectivity index (χ3n) is 1.58. The molecular weight excluding hydrogens is 144 g/mol. The Labute approximate surface area is 64.1 Å². The molecule has 0 amide bonds. The normalized spacial score (nSPS) is 10.1. The first-order valence-corrected chi connectivity index (χ1v) is 3.28. The quantitative estimate of drug-likeness (QED) is 0.577. The fourth-order valence-electron chi connectivity index (χ4n) is 1.04. The molecule has 4 heteroatoms. The average molecular weight is 154 g/mol. The van der Waals surface area contributed by atoms with Crippen LogP contribution in [0.2, 0.25) is 0 Å². The molecule has 0 aromatic heterocycles. The summed E-state index contributed by atoms with van der Waals surface area (Å²) in [5.41, 5.74) is 0.0630. The molecule has 1 aromatic rings. The van der Waals surface area contributed by atoms with Crippen molar-refractivity contribution in [1.29, 1.82) is 0 Å². The molecule has 0 saturated carbocycles. The molecule has 0 aliphatic rings. The lowest BCUT2D eigenvalue weighted by Crippen LogP contribution is -2.39. The molecule has 0 atom stereocenters. The van der Waals surface area contributed by atoms with Gasteiger partial charge in [-0.3, -0.25) is 9.59 Å². The van der Waals surface area contributed by atoms with Crippen LogP contribution in [0.15, 0.2) is 9.59 Å². The standard InChI is InChI=1S/C7H10N2O2/c1-8-4-5(9(2)3)7(11)6(4)10/h8H,1-3H3. The van der Waals surface area contributed by atoms with Gasteiger partial charge in [0, 0.05) is 21.1 Å². The Morgan fingerprint density at radius 1 is 1.18 bits per heavy atom. The summed E-state index contributed by atoms with van der Waals surface area (Å²) >= 11 is 0. The Kier molecular flexibility index (Phi) is 1.68. The van der Waals surface area contributed by atoms with E-state index >= 15 is 0 Å². The maximum Gasteiger partial charge on any atom is 0.253 e. The van der Waals surface area contributed by atoms with Crippen molar-refractivity contribution in [3.63, 3.8) is 0 Å². The van der Waals surface area contributed by atoms with Crippen LogP contribution >= 0.6 is 0 Å². The second-order valence-corrected chi connectivity index (χ2v) is 2.53. The summed E-state index contributed by atoms with van der Waals surface area (Å²) < 4.78 is 0. The molecule has 4 nitrogen and oxygen atoms in total. The van der Waals surface area contributed by atoms with Gasteiger partial charge in [0.2, 0.25) is 0 Å². The lowest BCUT2D eigenvalue weighted by atomic mass is 10.2. The van der Waals surface area contributed by atoms with E-state index in [1.54, 1.807) is 26.0 Å². The molecule has 11 heavy (non-hydrogen) atoms. The fraction of sp³-hybridized carbons (Fsp3) is 0.429. The Morgan fingerprint density at radius 3 is 2.00 bits per heavy atom. The third-order valence-corrected chi connectivity index (χ3v) is 1.58. The summed E-state index contributed by atoms with van der Waals surface area (Å²) in [5.74, 6) is 0. The van der Waals surface area contributed by atoms with Crippen molar-refractivity contribution in [3.05, 3.63) is 20.4 Å². The number of nitrogens with one attached hydrogen (secondary N) is 1. The van der Waals surface area contributed by atoms with Crippen molar-refractivity contribution >= 4 is 11.4 Å². The number of anilines is 2. The van der Waals surface area contributed by atoms with Gasteiger partial charge in [0.15, 0.2) is 0 Å². The van der Waals surface area contributed by atoms with E-state index in [1.165, 1.54) is 0 Å². The molecule has 0 unspecified atom stereocenters. The van der Waals surface area contributed by atoms with E-state index < -0.39 is 10.9 Å². The SMILES string of the molecule is CNc1c(N(C)C)c(=O)c1=O. The van der Waals surface area contributed by atoms with E-state index in [1.807, 2.05) is 0 Å². The van der Waals surface area contributed by atoms with Gasteiger partial charge in [-0.2, -0.15) is 0 Å². The molecule has 60 valence electrons. The highest BCUT2D eigenvalue weighted by Crippen LogP contribution is 2.15. The Morgan fingerprint density at radius 2 is 1.73 bits per heavy atom. The molecule has 0 aliphatic carbocycles. The van der Waals surface area contributed by atoms with Crippen LogP contribution in [0.5, 0.6) is 0 Å². The highest BCUT2D eigenvalue weighted by molar-refractivity contribution is 5.74. The van der Waals surface area contributed by atoms with Gasteiger partial charge >= 0.3 is 0 Å². The highest BCUT2D eigenvalue weighted by Gasteiger charge is 2.20. The second-order valence-electron chi connectivity index (χ2n) is 2.53. The molecule has 0 bridgehead atoms. The van der Waals surface area contributed by atoms with E-state index in [0.29, 0.717) is 11.4 Å². The Hall–Kier alpha value is -1.32. The predicted octanol–water partition coefficient (Wildman–Crippen LogP) is -0.610. The molecule has 0 spiro atoms. The van der Waals surface area contributed by atoms with Gasteiger partial charge in [-0.1, -0.05) is 0 Å². The molecule has 1 rings (SSSR count). The zero-order valence-electron chi connectivity index (χ0n) is 6.76.